The fourth-order valence-corrected chi connectivity index (χ4v) is 2.16. The molecule has 112 valence electrons. The van der Waals surface area contributed by atoms with Gasteiger partial charge in [0.1, 0.15) is 5.75 Å². The topological polar surface area (TPSA) is 21.3 Å². The fourth-order valence-electron chi connectivity index (χ4n) is 2.16. The first-order valence-corrected chi connectivity index (χ1v) is 6.49. The van der Waals surface area contributed by atoms with E-state index in [0.29, 0.717) is 12.0 Å². The number of likely N-dealkylation sites (N-methyl/N-ethyl adjacent to an activating group) is 1. The third-order valence-corrected chi connectivity index (χ3v) is 3.36. The molecule has 0 aromatic heterocycles. The van der Waals surface area contributed by atoms with Crippen LogP contribution >= 0.6 is 0 Å². The fraction of sp³-hybridized carbons (Fsp3) is 0.250. The Kier molecular flexibility index (Phi) is 4.85. The van der Waals surface area contributed by atoms with Gasteiger partial charge < -0.3 is 10.1 Å². The van der Waals surface area contributed by atoms with Crippen molar-refractivity contribution in [3.63, 3.8) is 0 Å². The van der Waals surface area contributed by atoms with Gasteiger partial charge in [0.2, 0.25) is 0 Å². The molecular weight excluding hydrogens is 279 g/mol. The molecule has 1 N–H and O–H groups in total. The zero-order chi connectivity index (χ0) is 15.4. The van der Waals surface area contributed by atoms with Gasteiger partial charge in [0.05, 0.1) is 7.11 Å². The quantitative estimate of drug-likeness (QED) is 0.851. The average molecular weight is 295 g/mol. The first-order valence-electron chi connectivity index (χ1n) is 6.49. The lowest BCUT2D eigenvalue weighted by Crippen LogP contribution is -2.19. The summed E-state index contributed by atoms with van der Waals surface area (Å²) < 4.78 is 44.7. The summed E-state index contributed by atoms with van der Waals surface area (Å²) in [5.41, 5.74) is 1.34. The number of methoxy groups -OCH3 is 1. The molecule has 0 fully saturated rings. The number of halogens is 3. The summed E-state index contributed by atoms with van der Waals surface area (Å²) in [6.45, 7) is 0. The highest BCUT2D eigenvalue weighted by molar-refractivity contribution is 5.30. The van der Waals surface area contributed by atoms with Gasteiger partial charge in [-0.2, -0.15) is 0 Å². The molecule has 1 unspecified atom stereocenters. The highest BCUT2D eigenvalue weighted by Gasteiger charge is 2.16. The lowest BCUT2D eigenvalue weighted by Gasteiger charge is -2.17. The molecule has 0 aliphatic carbocycles. The Bertz CT molecular complexity index is 590. The van der Waals surface area contributed by atoms with E-state index in [4.69, 9.17) is 4.74 Å². The first kappa shape index (κ1) is 15.4. The van der Waals surface area contributed by atoms with Gasteiger partial charge in [-0.3, -0.25) is 0 Å². The first-order chi connectivity index (χ1) is 10.0. The normalized spacial score (nSPS) is 12.2. The number of benzene rings is 2. The van der Waals surface area contributed by atoms with Gasteiger partial charge in [-0.25, -0.2) is 13.2 Å². The van der Waals surface area contributed by atoms with E-state index in [2.05, 4.69) is 5.32 Å². The van der Waals surface area contributed by atoms with E-state index in [1.807, 2.05) is 24.3 Å². The molecule has 0 aliphatic heterocycles. The third kappa shape index (κ3) is 3.55. The number of hydrogen-bond acceptors (Lipinski definition) is 2. The van der Waals surface area contributed by atoms with E-state index < -0.39 is 17.5 Å². The van der Waals surface area contributed by atoms with Crippen molar-refractivity contribution < 1.29 is 17.9 Å². The number of nitrogens with one attached hydrogen (secondary N) is 1. The van der Waals surface area contributed by atoms with E-state index in [0.717, 1.165) is 23.4 Å². The summed E-state index contributed by atoms with van der Waals surface area (Å²) in [7, 11) is 3.27. The SMILES string of the molecule is CNC(Cc1ccc(OC)cc1)c1cc(F)c(F)c(F)c1. The van der Waals surface area contributed by atoms with Gasteiger partial charge in [0.15, 0.2) is 17.5 Å². The summed E-state index contributed by atoms with van der Waals surface area (Å²) in [5.74, 6) is -3.07. The standard InChI is InChI=1S/C16H16F3NO/c1-20-15(7-10-3-5-12(21-2)6-4-10)11-8-13(17)16(19)14(18)9-11/h3-6,8-9,15,20H,7H2,1-2H3. The van der Waals surface area contributed by atoms with Crippen molar-refractivity contribution in [1.29, 1.82) is 0 Å². The van der Waals surface area contributed by atoms with Crippen LogP contribution in [0.25, 0.3) is 0 Å². The Labute approximate surface area is 121 Å². The summed E-state index contributed by atoms with van der Waals surface area (Å²) >= 11 is 0. The molecule has 2 aromatic rings. The minimum absolute atomic E-state index is 0.317. The summed E-state index contributed by atoms with van der Waals surface area (Å²) in [4.78, 5) is 0. The van der Waals surface area contributed by atoms with Crippen LogP contribution in [0.2, 0.25) is 0 Å². The molecule has 21 heavy (non-hydrogen) atoms. The van der Waals surface area contributed by atoms with Crippen LogP contribution in [0.5, 0.6) is 5.75 Å². The minimum atomic E-state index is -1.45. The molecule has 0 radical (unpaired) electrons. The van der Waals surface area contributed by atoms with Gasteiger partial charge in [0, 0.05) is 6.04 Å². The molecule has 0 aliphatic rings. The highest BCUT2D eigenvalue weighted by Crippen LogP contribution is 2.23. The highest BCUT2D eigenvalue weighted by atomic mass is 19.2. The van der Waals surface area contributed by atoms with E-state index in [-0.39, 0.29) is 6.04 Å². The van der Waals surface area contributed by atoms with Crippen molar-refractivity contribution in [2.24, 2.45) is 0 Å². The van der Waals surface area contributed by atoms with Crippen molar-refractivity contribution in [3.05, 3.63) is 65.0 Å². The van der Waals surface area contributed by atoms with Crippen LogP contribution in [-0.4, -0.2) is 14.2 Å². The molecule has 0 saturated carbocycles. The van der Waals surface area contributed by atoms with Crippen LogP contribution in [0.15, 0.2) is 36.4 Å². The molecule has 2 rings (SSSR count). The molecule has 1 atom stereocenters. The Morgan fingerprint density at radius 1 is 1.05 bits per heavy atom. The van der Waals surface area contributed by atoms with Gasteiger partial charge >= 0.3 is 0 Å². The predicted octanol–water partition coefficient (Wildman–Crippen LogP) is 3.62. The molecule has 0 amide bonds. The smallest absolute Gasteiger partial charge is 0.194 e. The van der Waals surface area contributed by atoms with Crippen LogP contribution in [0.4, 0.5) is 13.2 Å². The minimum Gasteiger partial charge on any atom is -0.497 e. The number of rotatable bonds is 5. The molecule has 2 aromatic carbocycles. The average Bonchev–Trinajstić information content (AvgIpc) is 2.50. The van der Waals surface area contributed by atoms with E-state index in [9.17, 15) is 13.2 Å². The van der Waals surface area contributed by atoms with Crippen molar-refractivity contribution in [2.45, 2.75) is 12.5 Å². The zero-order valence-electron chi connectivity index (χ0n) is 11.8. The maximum absolute atomic E-state index is 13.3. The Hall–Kier alpha value is -2.01. The van der Waals surface area contributed by atoms with Gasteiger partial charge in [0.25, 0.3) is 0 Å². The largest absolute Gasteiger partial charge is 0.497 e. The lowest BCUT2D eigenvalue weighted by molar-refractivity contribution is 0.414. The predicted molar refractivity (Wildman–Crippen MR) is 74.8 cm³/mol. The maximum Gasteiger partial charge on any atom is 0.194 e. The van der Waals surface area contributed by atoms with Crippen molar-refractivity contribution >= 4 is 0 Å². The van der Waals surface area contributed by atoms with E-state index in [1.54, 1.807) is 14.2 Å². The van der Waals surface area contributed by atoms with Crippen LogP contribution in [-0.2, 0) is 6.42 Å². The third-order valence-electron chi connectivity index (χ3n) is 3.36. The van der Waals surface area contributed by atoms with E-state index >= 15 is 0 Å². The molecule has 5 heteroatoms. The second kappa shape index (κ2) is 6.63. The van der Waals surface area contributed by atoms with Gasteiger partial charge in [-0.15, -0.1) is 0 Å². The summed E-state index contributed by atoms with van der Waals surface area (Å²) in [6, 6.07) is 9.09. The van der Waals surface area contributed by atoms with Crippen LogP contribution in [0.1, 0.15) is 17.2 Å². The van der Waals surface area contributed by atoms with E-state index in [1.165, 1.54) is 0 Å². The second-order valence-corrected chi connectivity index (χ2v) is 4.69. The number of hydrogen-bond donors (Lipinski definition) is 1. The van der Waals surface area contributed by atoms with Gasteiger partial charge in [-0.1, -0.05) is 12.1 Å². The zero-order valence-corrected chi connectivity index (χ0v) is 11.8. The monoisotopic (exact) mass is 295 g/mol. The molecule has 0 heterocycles. The van der Waals surface area contributed by atoms with Crippen molar-refractivity contribution in [1.82, 2.24) is 5.32 Å². The Morgan fingerprint density at radius 3 is 2.10 bits per heavy atom. The maximum atomic E-state index is 13.3. The molecule has 0 saturated heterocycles. The second-order valence-electron chi connectivity index (χ2n) is 4.69. The lowest BCUT2D eigenvalue weighted by atomic mass is 9.98. The van der Waals surface area contributed by atoms with Crippen molar-refractivity contribution in [3.8, 4) is 5.75 Å². The number of ether oxygens (including phenoxy) is 1. The molecule has 0 bridgehead atoms. The van der Waals surface area contributed by atoms with Crippen LogP contribution in [0.3, 0.4) is 0 Å². The molecule has 0 spiro atoms. The Balaban J connectivity index is 2.23. The van der Waals surface area contributed by atoms with Gasteiger partial charge in [-0.05, 0) is 48.9 Å². The van der Waals surface area contributed by atoms with Crippen molar-refractivity contribution in [2.75, 3.05) is 14.2 Å². The molecule has 2 nitrogen and oxygen atoms in total. The molecular formula is C16H16F3NO. The summed E-state index contributed by atoms with van der Waals surface area (Å²) in [6.07, 6.45) is 0.519. The summed E-state index contributed by atoms with van der Waals surface area (Å²) in [5, 5.41) is 2.98. The van der Waals surface area contributed by atoms with Crippen LogP contribution < -0.4 is 10.1 Å². The van der Waals surface area contributed by atoms with Crippen LogP contribution in [0, 0.1) is 17.5 Å². The Morgan fingerprint density at radius 2 is 1.62 bits per heavy atom.